The topological polar surface area (TPSA) is 12.9 Å². The maximum Gasteiger partial charge on any atom is 0.0527 e. The molecule has 0 aliphatic heterocycles. The molecule has 0 spiro atoms. The molecule has 0 aromatic carbocycles. The molecule has 1 aromatic heterocycles. The Hall–Kier alpha value is -0.380. The van der Waals surface area contributed by atoms with Crippen LogP contribution >= 0.6 is 22.6 Å². The molecule has 1 aliphatic carbocycles. The third kappa shape index (κ3) is 1.60. The van der Waals surface area contributed by atoms with Gasteiger partial charge >= 0.3 is 0 Å². The number of hydrogen-bond donors (Lipinski definition) is 0. The van der Waals surface area contributed by atoms with Crippen molar-refractivity contribution in [2.75, 3.05) is 0 Å². The number of pyridine rings is 1. The summed E-state index contributed by atoms with van der Waals surface area (Å²) in [5.41, 5.74) is 5.40. The molecule has 0 bridgehead atoms. The second-order valence-electron chi connectivity index (χ2n) is 4.21. The molecule has 0 fully saturated rings. The van der Waals surface area contributed by atoms with E-state index in [1.54, 1.807) is 0 Å². The number of allylic oxidation sites excluding steroid dienone is 1. The van der Waals surface area contributed by atoms with E-state index in [2.05, 4.69) is 54.4 Å². The van der Waals surface area contributed by atoms with Crippen molar-refractivity contribution < 1.29 is 0 Å². The van der Waals surface area contributed by atoms with Crippen molar-refractivity contribution >= 4 is 28.7 Å². The number of rotatable bonds is 1. The second-order valence-corrected chi connectivity index (χ2v) is 5.29. The zero-order chi connectivity index (χ0) is 10.3. The normalized spacial score (nSPS) is 14.5. The standard InChI is InChI=1S/C12H14IN/c1-7(2)10-6-14-11-5-8(3)4-9(11)12(10)13/h4,6-7H,5H2,1-3H3. The van der Waals surface area contributed by atoms with Crippen molar-refractivity contribution in [2.24, 2.45) is 0 Å². The van der Waals surface area contributed by atoms with Gasteiger partial charge in [0, 0.05) is 21.8 Å². The average Bonchev–Trinajstić information content (AvgIpc) is 2.46. The first-order chi connectivity index (χ1) is 6.59. The third-order valence-electron chi connectivity index (χ3n) is 2.62. The third-order valence-corrected chi connectivity index (χ3v) is 3.82. The highest BCUT2D eigenvalue weighted by atomic mass is 127. The van der Waals surface area contributed by atoms with E-state index in [0.717, 1.165) is 6.42 Å². The van der Waals surface area contributed by atoms with E-state index in [-0.39, 0.29) is 0 Å². The maximum absolute atomic E-state index is 4.53. The smallest absolute Gasteiger partial charge is 0.0527 e. The lowest BCUT2D eigenvalue weighted by atomic mass is 10.0. The molecule has 0 saturated carbocycles. The molecule has 2 heteroatoms. The van der Waals surface area contributed by atoms with E-state index in [9.17, 15) is 0 Å². The van der Waals surface area contributed by atoms with Gasteiger partial charge in [0.15, 0.2) is 0 Å². The van der Waals surface area contributed by atoms with Crippen molar-refractivity contribution in [2.45, 2.75) is 33.1 Å². The van der Waals surface area contributed by atoms with Gasteiger partial charge in [-0.25, -0.2) is 0 Å². The first kappa shape index (κ1) is 10.1. The van der Waals surface area contributed by atoms with Crippen LogP contribution in [-0.4, -0.2) is 4.98 Å². The summed E-state index contributed by atoms with van der Waals surface area (Å²) in [6, 6.07) is 0. The Bertz CT molecular complexity index is 405. The Morgan fingerprint density at radius 1 is 1.43 bits per heavy atom. The summed E-state index contributed by atoms with van der Waals surface area (Å²) < 4.78 is 1.39. The van der Waals surface area contributed by atoms with Crippen LogP contribution in [0.1, 0.15) is 43.5 Å². The fourth-order valence-corrected chi connectivity index (χ4v) is 3.04. The molecule has 0 saturated heterocycles. The lowest BCUT2D eigenvalue weighted by Crippen LogP contribution is -1.99. The quantitative estimate of drug-likeness (QED) is 0.719. The molecule has 1 aliphatic rings. The number of halogens is 1. The van der Waals surface area contributed by atoms with Gasteiger partial charge < -0.3 is 0 Å². The van der Waals surface area contributed by atoms with E-state index < -0.39 is 0 Å². The molecule has 1 nitrogen and oxygen atoms in total. The van der Waals surface area contributed by atoms with Gasteiger partial charge in [-0.05, 0) is 41.0 Å². The molecule has 74 valence electrons. The monoisotopic (exact) mass is 299 g/mol. The van der Waals surface area contributed by atoms with Crippen LogP contribution in [0.4, 0.5) is 0 Å². The summed E-state index contributed by atoms with van der Waals surface area (Å²) in [4.78, 5) is 4.53. The van der Waals surface area contributed by atoms with Gasteiger partial charge in [-0.1, -0.05) is 25.5 Å². The van der Waals surface area contributed by atoms with Gasteiger partial charge in [-0.3, -0.25) is 4.98 Å². The molecule has 2 rings (SSSR count). The van der Waals surface area contributed by atoms with Gasteiger partial charge in [-0.2, -0.15) is 0 Å². The Labute approximate surface area is 98.8 Å². The second kappa shape index (κ2) is 3.65. The Balaban J connectivity index is 2.57. The van der Waals surface area contributed by atoms with Crippen molar-refractivity contribution in [3.8, 4) is 0 Å². The van der Waals surface area contributed by atoms with Crippen molar-refractivity contribution in [1.29, 1.82) is 0 Å². The molecule has 1 aromatic rings. The maximum atomic E-state index is 4.53. The van der Waals surface area contributed by atoms with Crippen molar-refractivity contribution in [3.63, 3.8) is 0 Å². The van der Waals surface area contributed by atoms with Gasteiger partial charge in [0.1, 0.15) is 0 Å². The summed E-state index contributed by atoms with van der Waals surface area (Å²) in [5.74, 6) is 0.564. The van der Waals surface area contributed by atoms with Crippen LogP contribution in [0.5, 0.6) is 0 Å². The van der Waals surface area contributed by atoms with Crippen LogP contribution in [0.2, 0.25) is 0 Å². The van der Waals surface area contributed by atoms with Gasteiger partial charge in [0.25, 0.3) is 0 Å². The molecule has 14 heavy (non-hydrogen) atoms. The minimum Gasteiger partial charge on any atom is -0.260 e. The van der Waals surface area contributed by atoms with Crippen molar-refractivity contribution in [3.05, 3.63) is 32.2 Å². The van der Waals surface area contributed by atoms with Gasteiger partial charge in [0.05, 0.1) is 5.69 Å². The Morgan fingerprint density at radius 3 is 2.79 bits per heavy atom. The average molecular weight is 299 g/mol. The fraction of sp³-hybridized carbons (Fsp3) is 0.417. The van der Waals surface area contributed by atoms with E-state index in [0.29, 0.717) is 5.92 Å². The SMILES string of the molecule is CC1=Cc2c(ncc(C(C)C)c2I)C1. The summed E-state index contributed by atoms with van der Waals surface area (Å²) in [5, 5.41) is 0. The highest BCUT2D eigenvalue weighted by Gasteiger charge is 2.17. The fourth-order valence-electron chi connectivity index (χ4n) is 1.81. The number of fused-ring (bicyclic) bond motifs is 1. The molecule has 0 N–H and O–H groups in total. The number of hydrogen-bond acceptors (Lipinski definition) is 1. The summed E-state index contributed by atoms with van der Waals surface area (Å²) in [6.07, 6.45) is 5.34. The Kier molecular flexibility index (Phi) is 2.64. The lowest BCUT2D eigenvalue weighted by molar-refractivity contribution is 0.845. The summed E-state index contributed by atoms with van der Waals surface area (Å²) >= 11 is 2.45. The van der Waals surface area contributed by atoms with E-state index in [4.69, 9.17) is 0 Å². The number of aromatic nitrogens is 1. The molecule has 0 unspecified atom stereocenters. The van der Waals surface area contributed by atoms with Gasteiger partial charge in [-0.15, -0.1) is 0 Å². The molecule has 1 heterocycles. The van der Waals surface area contributed by atoms with Crippen LogP contribution in [-0.2, 0) is 6.42 Å². The van der Waals surface area contributed by atoms with E-state index in [1.807, 2.05) is 6.20 Å². The predicted molar refractivity (Wildman–Crippen MR) is 68.4 cm³/mol. The predicted octanol–water partition coefficient (Wildman–Crippen LogP) is 3.77. The first-order valence-corrected chi connectivity index (χ1v) is 6.02. The van der Waals surface area contributed by atoms with Crippen LogP contribution in [0.3, 0.4) is 0 Å². The highest BCUT2D eigenvalue weighted by Crippen LogP contribution is 2.31. The van der Waals surface area contributed by atoms with Crippen LogP contribution in [0.25, 0.3) is 6.08 Å². The molecule has 0 amide bonds. The lowest BCUT2D eigenvalue weighted by Gasteiger charge is -2.10. The highest BCUT2D eigenvalue weighted by molar-refractivity contribution is 14.1. The molecule has 0 radical (unpaired) electrons. The minimum atomic E-state index is 0.564. The zero-order valence-electron chi connectivity index (χ0n) is 8.76. The van der Waals surface area contributed by atoms with Crippen LogP contribution < -0.4 is 0 Å². The summed E-state index contributed by atoms with van der Waals surface area (Å²) in [6.45, 7) is 6.61. The zero-order valence-corrected chi connectivity index (χ0v) is 10.9. The first-order valence-electron chi connectivity index (χ1n) is 4.94. The van der Waals surface area contributed by atoms with Gasteiger partial charge in [0.2, 0.25) is 0 Å². The number of nitrogens with zero attached hydrogens (tertiary/aromatic N) is 1. The molecule has 0 atom stereocenters. The van der Waals surface area contributed by atoms with E-state index >= 15 is 0 Å². The molecular weight excluding hydrogens is 285 g/mol. The van der Waals surface area contributed by atoms with E-state index in [1.165, 1.54) is 26.0 Å². The van der Waals surface area contributed by atoms with Crippen LogP contribution in [0, 0.1) is 3.57 Å². The summed E-state index contributed by atoms with van der Waals surface area (Å²) in [7, 11) is 0. The van der Waals surface area contributed by atoms with Crippen LogP contribution in [0.15, 0.2) is 11.8 Å². The largest absolute Gasteiger partial charge is 0.260 e. The minimum absolute atomic E-state index is 0.564. The Morgan fingerprint density at radius 2 is 2.14 bits per heavy atom. The van der Waals surface area contributed by atoms with Crippen molar-refractivity contribution in [1.82, 2.24) is 4.98 Å². The molecular formula is C12H14IN.